The number of halogens is 1. The first kappa shape index (κ1) is 24.3. The van der Waals surface area contributed by atoms with Crippen molar-refractivity contribution in [3.8, 4) is 0 Å². The summed E-state index contributed by atoms with van der Waals surface area (Å²) in [5.74, 6) is -0.0205. The van der Waals surface area contributed by atoms with Crippen LogP contribution in [0.3, 0.4) is 0 Å². The van der Waals surface area contributed by atoms with Crippen molar-refractivity contribution in [2.75, 3.05) is 17.7 Å². The van der Waals surface area contributed by atoms with Gasteiger partial charge in [-0.25, -0.2) is 4.98 Å². The largest absolute Gasteiger partial charge is 0.379 e. The van der Waals surface area contributed by atoms with Gasteiger partial charge in [0.05, 0.1) is 22.8 Å². The van der Waals surface area contributed by atoms with Gasteiger partial charge in [0.2, 0.25) is 5.91 Å². The molecular weight excluding hydrogens is 446 g/mol. The van der Waals surface area contributed by atoms with E-state index < -0.39 is 0 Å². The second-order valence-corrected chi connectivity index (χ2v) is 9.25. The minimum absolute atomic E-state index is 0.131. The predicted octanol–water partition coefficient (Wildman–Crippen LogP) is 5.21. The van der Waals surface area contributed by atoms with E-state index in [1.54, 1.807) is 22.8 Å². The molecule has 0 unspecified atom stereocenters. The van der Waals surface area contributed by atoms with Crippen LogP contribution in [-0.2, 0) is 16.1 Å². The summed E-state index contributed by atoms with van der Waals surface area (Å²) >= 11 is 7.34. The van der Waals surface area contributed by atoms with Gasteiger partial charge in [-0.15, -0.1) is 0 Å². The van der Waals surface area contributed by atoms with Crippen molar-refractivity contribution in [3.63, 3.8) is 0 Å². The molecule has 0 atom stereocenters. The summed E-state index contributed by atoms with van der Waals surface area (Å²) < 4.78 is 7.23. The molecule has 1 amide bonds. The van der Waals surface area contributed by atoms with Gasteiger partial charge in [0.1, 0.15) is 0 Å². The molecular formula is C24H28ClN3O3S. The summed E-state index contributed by atoms with van der Waals surface area (Å²) in [6.45, 7) is 8.93. The zero-order chi connectivity index (χ0) is 23.3. The smallest absolute Gasteiger partial charge is 0.262 e. The van der Waals surface area contributed by atoms with E-state index in [2.05, 4.69) is 10.3 Å². The molecule has 0 spiro atoms. The Bertz CT molecular complexity index is 1180. The second kappa shape index (κ2) is 11.0. The molecule has 0 fully saturated rings. The molecule has 0 saturated heterocycles. The molecule has 1 heterocycles. The maximum atomic E-state index is 13.1. The quantitative estimate of drug-likeness (QED) is 0.262. The highest BCUT2D eigenvalue weighted by molar-refractivity contribution is 7.99. The normalized spacial score (nSPS) is 11.3. The molecule has 1 N–H and O–H groups in total. The van der Waals surface area contributed by atoms with Crippen LogP contribution in [0.4, 0.5) is 5.69 Å². The standard InChI is InChI=1S/C24H28ClN3O3S/c1-15(2)31-12-6-11-28-23(30)19-10-9-18(25)13-21(19)27-24(28)32-14-22(29)26-20-8-5-7-16(3)17(20)4/h5,7-10,13,15H,6,11-12,14H2,1-4H3,(H,26,29). The number of anilines is 1. The number of rotatable bonds is 9. The summed E-state index contributed by atoms with van der Waals surface area (Å²) in [7, 11) is 0. The van der Waals surface area contributed by atoms with E-state index in [-0.39, 0.29) is 23.3 Å². The number of carbonyl (C=O) groups is 1. The van der Waals surface area contributed by atoms with Crippen LogP contribution in [-0.4, -0.2) is 33.9 Å². The van der Waals surface area contributed by atoms with Crippen molar-refractivity contribution in [2.24, 2.45) is 0 Å². The Morgan fingerprint density at radius 2 is 2.03 bits per heavy atom. The highest BCUT2D eigenvalue weighted by Gasteiger charge is 2.14. The molecule has 0 saturated carbocycles. The Kier molecular flexibility index (Phi) is 8.34. The molecule has 0 bridgehead atoms. The molecule has 2 aromatic carbocycles. The van der Waals surface area contributed by atoms with Crippen molar-refractivity contribution < 1.29 is 9.53 Å². The number of nitrogens with one attached hydrogen (secondary N) is 1. The third-order valence-corrected chi connectivity index (χ3v) is 6.28. The predicted molar refractivity (Wildman–Crippen MR) is 132 cm³/mol. The summed E-state index contributed by atoms with van der Waals surface area (Å²) in [4.78, 5) is 30.4. The molecule has 0 aliphatic rings. The Morgan fingerprint density at radius 3 is 2.78 bits per heavy atom. The molecule has 3 aromatic rings. The van der Waals surface area contributed by atoms with E-state index in [0.717, 1.165) is 16.8 Å². The summed E-state index contributed by atoms with van der Waals surface area (Å²) in [6.07, 6.45) is 0.799. The number of fused-ring (bicyclic) bond motifs is 1. The van der Waals surface area contributed by atoms with Gasteiger partial charge < -0.3 is 10.1 Å². The van der Waals surface area contributed by atoms with Gasteiger partial charge in [-0.1, -0.05) is 35.5 Å². The van der Waals surface area contributed by atoms with E-state index in [0.29, 0.717) is 40.7 Å². The van der Waals surface area contributed by atoms with Crippen LogP contribution in [0.25, 0.3) is 10.9 Å². The lowest BCUT2D eigenvalue weighted by atomic mass is 10.1. The monoisotopic (exact) mass is 473 g/mol. The fourth-order valence-corrected chi connectivity index (χ4v) is 4.22. The number of amides is 1. The van der Waals surface area contributed by atoms with Gasteiger partial charge >= 0.3 is 0 Å². The van der Waals surface area contributed by atoms with Gasteiger partial charge in [-0.05, 0) is 69.5 Å². The Morgan fingerprint density at radius 1 is 1.25 bits per heavy atom. The number of ether oxygens (including phenoxy) is 1. The second-order valence-electron chi connectivity index (χ2n) is 7.87. The fraction of sp³-hybridized carbons (Fsp3) is 0.375. The number of benzene rings is 2. The lowest BCUT2D eigenvalue weighted by Crippen LogP contribution is -2.25. The molecule has 8 heteroatoms. The van der Waals surface area contributed by atoms with Gasteiger partial charge in [0, 0.05) is 23.9 Å². The molecule has 32 heavy (non-hydrogen) atoms. The van der Waals surface area contributed by atoms with Crippen LogP contribution in [0.2, 0.25) is 5.02 Å². The van der Waals surface area contributed by atoms with E-state index in [1.807, 2.05) is 45.9 Å². The third kappa shape index (κ3) is 6.12. The van der Waals surface area contributed by atoms with Crippen LogP contribution in [0.1, 0.15) is 31.4 Å². The topological polar surface area (TPSA) is 73.2 Å². The highest BCUT2D eigenvalue weighted by Crippen LogP contribution is 2.22. The highest BCUT2D eigenvalue weighted by atomic mass is 35.5. The molecule has 0 aliphatic carbocycles. The molecule has 1 aromatic heterocycles. The van der Waals surface area contributed by atoms with E-state index >= 15 is 0 Å². The van der Waals surface area contributed by atoms with Crippen molar-refractivity contribution in [2.45, 2.75) is 51.9 Å². The third-order valence-electron chi connectivity index (χ3n) is 5.07. The van der Waals surface area contributed by atoms with Gasteiger partial charge in [0.15, 0.2) is 5.16 Å². The average Bonchev–Trinajstić information content (AvgIpc) is 2.74. The zero-order valence-electron chi connectivity index (χ0n) is 18.8. The van der Waals surface area contributed by atoms with Crippen LogP contribution in [0.5, 0.6) is 0 Å². The summed E-state index contributed by atoms with van der Waals surface area (Å²) in [5, 5.41) is 4.45. The molecule has 170 valence electrons. The Balaban J connectivity index is 1.81. The van der Waals surface area contributed by atoms with E-state index in [1.165, 1.54) is 11.8 Å². The van der Waals surface area contributed by atoms with E-state index in [4.69, 9.17) is 16.3 Å². The van der Waals surface area contributed by atoms with Gasteiger partial charge in [-0.3, -0.25) is 14.2 Å². The van der Waals surface area contributed by atoms with Crippen LogP contribution in [0.15, 0.2) is 46.3 Å². The number of carbonyl (C=O) groups excluding carboxylic acids is 1. The minimum atomic E-state index is -0.154. The number of nitrogens with zero attached hydrogens (tertiary/aromatic N) is 2. The van der Waals surface area contributed by atoms with Crippen LogP contribution in [0, 0.1) is 13.8 Å². The zero-order valence-corrected chi connectivity index (χ0v) is 20.3. The Labute approximate surface area is 197 Å². The summed E-state index contributed by atoms with van der Waals surface area (Å²) in [6, 6.07) is 10.8. The SMILES string of the molecule is Cc1cccc(NC(=O)CSc2nc3cc(Cl)ccc3c(=O)n2CCCOC(C)C)c1C. The molecule has 0 aliphatic heterocycles. The summed E-state index contributed by atoms with van der Waals surface area (Å²) in [5.41, 5.74) is 3.31. The van der Waals surface area contributed by atoms with Crippen molar-refractivity contribution in [3.05, 3.63) is 62.9 Å². The minimum Gasteiger partial charge on any atom is -0.379 e. The van der Waals surface area contributed by atoms with Gasteiger partial charge in [-0.2, -0.15) is 0 Å². The van der Waals surface area contributed by atoms with Crippen molar-refractivity contribution in [1.29, 1.82) is 0 Å². The lowest BCUT2D eigenvalue weighted by Gasteiger charge is -2.14. The van der Waals surface area contributed by atoms with E-state index in [9.17, 15) is 9.59 Å². The first-order valence-electron chi connectivity index (χ1n) is 10.6. The van der Waals surface area contributed by atoms with Crippen LogP contribution >= 0.6 is 23.4 Å². The molecule has 6 nitrogen and oxygen atoms in total. The average molecular weight is 474 g/mol. The van der Waals surface area contributed by atoms with Gasteiger partial charge in [0.25, 0.3) is 5.56 Å². The lowest BCUT2D eigenvalue weighted by molar-refractivity contribution is -0.113. The maximum Gasteiger partial charge on any atom is 0.262 e. The Hall–Kier alpha value is -2.35. The van der Waals surface area contributed by atoms with Crippen LogP contribution < -0.4 is 10.9 Å². The number of aromatic nitrogens is 2. The number of hydrogen-bond acceptors (Lipinski definition) is 5. The first-order chi connectivity index (χ1) is 15.3. The number of hydrogen-bond donors (Lipinski definition) is 1. The molecule has 0 radical (unpaired) electrons. The maximum absolute atomic E-state index is 13.1. The first-order valence-corrected chi connectivity index (χ1v) is 11.9. The number of thioether (sulfide) groups is 1. The molecule has 3 rings (SSSR count). The van der Waals surface area contributed by atoms with Crippen molar-refractivity contribution in [1.82, 2.24) is 9.55 Å². The number of aryl methyl sites for hydroxylation is 1. The fourth-order valence-electron chi connectivity index (χ4n) is 3.23. The van der Waals surface area contributed by atoms with Crippen molar-refractivity contribution >= 4 is 45.9 Å².